The van der Waals surface area contributed by atoms with Crippen LogP contribution in [0.3, 0.4) is 0 Å². The highest BCUT2D eigenvalue weighted by atomic mass is 16.4. The van der Waals surface area contributed by atoms with Crippen molar-refractivity contribution in [1.29, 1.82) is 0 Å². The third kappa shape index (κ3) is 2.83. The van der Waals surface area contributed by atoms with Gasteiger partial charge in [-0.05, 0) is 18.2 Å². The number of carboxylic acids is 1. The number of H-pyrrole nitrogens is 1. The van der Waals surface area contributed by atoms with Crippen LogP contribution in [0.1, 0.15) is 21.0 Å². The van der Waals surface area contributed by atoms with E-state index in [1.165, 1.54) is 36.5 Å². The fourth-order valence-corrected chi connectivity index (χ4v) is 1.45. The van der Waals surface area contributed by atoms with Gasteiger partial charge in [-0.2, -0.15) is 0 Å². The third-order valence-electron chi connectivity index (χ3n) is 2.27. The lowest BCUT2D eigenvalue weighted by Crippen LogP contribution is -2.19. The fraction of sp³-hybridized carbons (Fsp3) is 0. The minimum atomic E-state index is -1.25. The number of hydrogen-bond acceptors (Lipinski definition) is 4. The van der Waals surface area contributed by atoms with E-state index in [2.05, 4.69) is 15.3 Å². The molecule has 0 aliphatic rings. The number of nitrogens with zero attached hydrogens (tertiary/aromatic N) is 1. The van der Waals surface area contributed by atoms with Crippen molar-refractivity contribution in [3.63, 3.8) is 0 Å². The number of carbonyl (C=O) groups is 2. The summed E-state index contributed by atoms with van der Waals surface area (Å²) >= 11 is 0. The van der Waals surface area contributed by atoms with Crippen LogP contribution in [-0.4, -0.2) is 27.0 Å². The molecule has 0 radical (unpaired) electrons. The Bertz CT molecular complexity index is 693. The van der Waals surface area contributed by atoms with Crippen LogP contribution >= 0.6 is 0 Å². The van der Waals surface area contributed by atoms with E-state index < -0.39 is 17.4 Å². The lowest BCUT2D eigenvalue weighted by atomic mass is 10.2. The zero-order chi connectivity index (χ0) is 13.8. The minimum absolute atomic E-state index is 0.0349. The second kappa shape index (κ2) is 5.13. The van der Waals surface area contributed by atoms with Crippen LogP contribution in [0.4, 0.5) is 5.69 Å². The van der Waals surface area contributed by atoms with E-state index in [9.17, 15) is 14.4 Å². The van der Waals surface area contributed by atoms with Gasteiger partial charge in [-0.15, -0.1) is 0 Å². The first-order valence-electron chi connectivity index (χ1n) is 5.27. The van der Waals surface area contributed by atoms with E-state index in [0.29, 0.717) is 0 Å². The van der Waals surface area contributed by atoms with E-state index in [-0.39, 0.29) is 17.1 Å². The molecule has 2 aromatic rings. The summed E-state index contributed by atoms with van der Waals surface area (Å²) in [6.45, 7) is 0. The van der Waals surface area contributed by atoms with Gasteiger partial charge in [-0.1, -0.05) is 6.07 Å². The number of pyridine rings is 2. The van der Waals surface area contributed by atoms with Crippen LogP contribution in [-0.2, 0) is 0 Å². The lowest BCUT2D eigenvalue weighted by molar-refractivity contribution is 0.0692. The number of rotatable bonds is 3. The Hall–Kier alpha value is -2.96. The zero-order valence-corrected chi connectivity index (χ0v) is 9.58. The van der Waals surface area contributed by atoms with Crippen LogP contribution in [0, 0.1) is 0 Å². The van der Waals surface area contributed by atoms with Crippen molar-refractivity contribution < 1.29 is 14.7 Å². The summed E-state index contributed by atoms with van der Waals surface area (Å²) in [6.07, 6.45) is 1.31. The van der Waals surface area contributed by atoms with E-state index in [0.717, 1.165) is 0 Å². The molecule has 0 unspecified atom stereocenters. The molecule has 0 aliphatic heterocycles. The topological polar surface area (TPSA) is 112 Å². The van der Waals surface area contributed by atoms with Crippen molar-refractivity contribution in [1.82, 2.24) is 9.97 Å². The Morgan fingerprint density at radius 1 is 1.21 bits per heavy atom. The van der Waals surface area contributed by atoms with Crippen LogP contribution < -0.4 is 10.9 Å². The van der Waals surface area contributed by atoms with Gasteiger partial charge < -0.3 is 15.4 Å². The molecular formula is C12H9N3O4. The molecule has 0 spiro atoms. The van der Waals surface area contributed by atoms with Crippen molar-refractivity contribution >= 4 is 17.6 Å². The Kier molecular flexibility index (Phi) is 3.37. The summed E-state index contributed by atoms with van der Waals surface area (Å²) in [5.41, 5.74) is -0.594. The van der Waals surface area contributed by atoms with Crippen molar-refractivity contribution in [3.05, 3.63) is 58.3 Å². The first-order chi connectivity index (χ1) is 9.08. The lowest BCUT2D eigenvalue weighted by Gasteiger charge is -2.06. The number of aromatic carboxylic acids is 1. The molecule has 0 atom stereocenters. The smallest absolute Gasteiger partial charge is 0.356 e. The molecule has 19 heavy (non-hydrogen) atoms. The largest absolute Gasteiger partial charge is 0.476 e. The Morgan fingerprint density at radius 3 is 2.68 bits per heavy atom. The van der Waals surface area contributed by atoms with Gasteiger partial charge in [0.15, 0.2) is 5.69 Å². The fourth-order valence-electron chi connectivity index (χ4n) is 1.45. The second-order valence-electron chi connectivity index (χ2n) is 3.59. The van der Waals surface area contributed by atoms with Crippen LogP contribution in [0.5, 0.6) is 0 Å². The highest BCUT2D eigenvalue weighted by molar-refractivity contribution is 6.06. The molecule has 3 N–H and O–H groups in total. The normalized spacial score (nSPS) is 9.89. The van der Waals surface area contributed by atoms with E-state index in [1.54, 1.807) is 0 Å². The Morgan fingerprint density at radius 2 is 2.00 bits per heavy atom. The summed E-state index contributed by atoms with van der Waals surface area (Å²) in [7, 11) is 0. The van der Waals surface area contributed by atoms with Crippen LogP contribution in [0.2, 0.25) is 0 Å². The first kappa shape index (κ1) is 12.5. The number of aromatic amines is 1. The van der Waals surface area contributed by atoms with E-state index in [4.69, 9.17) is 5.11 Å². The molecule has 0 aliphatic carbocycles. The average Bonchev–Trinajstić information content (AvgIpc) is 2.39. The molecule has 0 saturated heterocycles. The Labute approximate surface area is 106 Å². The molecule has 0 bridgehead atoms. The minimum Gasteiger partial charge on any atom is -0.476 e. The quantitative estimate of drug-likeness (QED) is 0.751. The maximum Gasteiger partial charge on any atom is 0.356 e. The molecule has 0 aromatic carbocycles. The van der Waals surface area contributed by atoms with Gasteiger partial charge in [0.25, 0.3) is 5.91 Å². The number of aromatic nitrogens is 2. The van der Waals surface area contributed by atoms with Gasteiger partial charge in [0, 0.05) is 12.3 Å². The Balaban J connectivity index is 2.29. The molecule has 96 valence electrons. The highest BCUT2D eigenvalue weighted by Gasteiger charge is 2.14. The molecule has 7 heteroatoms. The average molecular weight is 259 g/mol. The van der Waals surface area contributed by atoms with Crippen molar-refractivity contribution in [2.45, 2.75) is 0 Å². The van der Waals surface area contributed by atoms with Crippen LogP contribution in [0.25, 0.3) is 0 Å². The summed E-state index contributed by atoms with van der Waals surface area (Å²) in [5, 5.41) is 11.3. The van der Waals surface area contributed by atoms with Crippen molar-refractivity contribution in [3.8, 4) is 0 Å². The number of nitrogens with one attached hydrogen (secondary N) is 2. The zero-order valence-electron chi connectivity index (χ0n) is 9.58. The first-order valence-corrected chi connectivity index (χ1v) is 5.27. The number of amides is 1. The predicted octanol–water partition coefficient (Wildman–Crippen LogP) is 0.720. The molecular weight excluding hydrogens is 250 g/mol. The third-order valence-corrected chi connectivity index (χ3v) is 2.27. The summed E-state index contributed by atoms with van der Waals surface area (Å²) in [4.78, 5) is 39.8. The standard InChI is InChI=1S/C12H9N3O4/c16-9-5-1-3-8(14-9)11(17)15-7-4-2-6-13-10(7)12(18)19/h1-6H,(H,14,16)(H,15,17)(H,18,19). The van der Waals surface area contributed by atoms with E-state index in [1.807, 2.05) is 0 Å². The SMILES string of the molecule is O=C(Nc1cccnc1C(=O)O)c1cccc(=O)[nH]1. The molecule has 2 rings (SSSR count). The maximum atomic E-state index is 11.8. The van der Waals surface area contributed by atoms with Crippen molar-refractivity contribution in [2.75, 3.05) is 5.32 Å². The van der Waals surface area contributed by atoms with Crippen LogP contribution in [0.15, 0.2) is 41.3 Å². The predicted molar refractivity (Wildman–Crippen MR) is 66.2 cm³/mol. The molecule has 1 amide bonds. The number of anilines is 1. The number of carbonyl (C=O) groups excluding carboxylic acids is 1. The molecule has 2 heterocycles. The van der Waals surface area contributed by atoms with Gasteiger partial charge in [-0.25, -0.2) is 9.78 Å². The second-order valence-corrected chi connectivity index (χ2v) is 3.59. The highest BCUT2D eigenvalue weighted by Crippen LogP contribution is 2.12. The van der Waals surface area contributed by atoms with Crippen molar-refractivity contribution in [2.24, 2.45) is 0 Å². The molecule has 2 aromatic heterocycles. The molecule has 0 fully saturated rings. The molecule has 0 saturated carbocycles. The molecule has 7 nitrogen and oxygen atoms in total. The summed E-state index contributed by atoms with van der Waals surface area (Å²) in [5.74, 6) is -1.87. The summed E-state index contributed by atoms with van der Waals surface area (Å²) < 4.78 is 0. The van der Waals surface area contributed by atoms with Gasteiger partial charge in [0.1, 0.15) is 5.69 Å². The van der Waals surface area contributed by atoms with E-state index >= 15 is 0 Å². The van der Waals surface area contributed by atoms with Gasteiger partial charge in [-0.3, -0.25) is 9.59 Å². The van der Waals surface area contributed by atoms with Gasteiger partial charge >= 0.3 is 5.97 Å². The number of carboxylic acid groups (broad SMARTS) is 1. The summed E-state index contributed by atoms with van der Waals surface area (Å²) in [6, 6.07) is 7.01. The van der Waals surface area contributed by atoms with Gasteiger partial charge in [0.05, 0.1) is 5.69 Å². The van der Waals surface area contributed by atoms with Gasteiger partial charge in [0.2, 0.25) is 5.56 Å². The monoisotopic (exact) mass is 259 g/mol. The number of hydrogen-bond donors (Lipinski definition) is 3. The maximum absolute atomic E-state index is 11.8.